The maximum Gasteiger partial charge on any atom is 0.253 e. The van der Waals surface area contributed by atoms with Gasteiger partial charge in [0.1, 0.15) is 18.0 Å². The van der Waals surface area contributed by atoms with Crippen LogP contribution < -0.4 is 5.32 Å². The van der Waals surface area contributed by atoms with E-state index in [1.165, 1.54) is 18.5 Å². The number of anilines is 1. The van der Waals surface area contributed by atoms with Gasteiger partial charge in [0.15, 0.2) is 0 Å². The molecule has 2 aromatic carbocycles. The van der Waals surface area contributed by atoms with Gasteiger partial charge in [0.2, 0.25) is 0 Å². The summed E-state index contributed by atoms with van der Waals surface area (Å²) in [6, 6.07) is 12.0. The Kier molecular flexibility index (Phi) is 5.16. The summed E-state index contributed by atoms with van der Waals surface area (Å²) in [6.07, 6.45) is 1.46. The topological polar surface area (TPSA) is 61.4 Å². The summed E-state index contributed by atoms with van der Waals surface area (Å²) in [7, 11) is 2.07. The molecule has 1 saturated heterocycles. The lowest BCUT2D eigenvalue weighted by Gasteiger charge is -2.32. The van der Waals surface area contributed by atoms with E-state index in [1.807, 2.05) is 29.2 Å². The Morgan fingerprint density at radius 3 is 2.57 bits per heavy atom. The zero-order valence-corrected chi connectivity index (χ0v) is 15.7. The van der Waals surface area contributed by atoms with E-state index in [-0.39, 0.29) is 11.7 Å². The second-order valence-corrected chi connectivity index (χ2v) is 7.03. The van der Waals surface area contributed by atoms with E-state index in [2.05, 4.69) is 27.2 Å². The van der Waals surface area contributed by atoms with Crippen LogP contribution in [0.1, 0.15) is 15.9 Å². The molecule has 7 heteroatoms. The molecule has 2 heterocycles. The van der Waals surface area contributed by atoms with Gasteiger partial charge in [-0.1, -0.05) is 12.1 Å². The van der Waals surface area contributed by atoms with E-state index in [1.54, 1.807) is 6.07 Å². The third-order valence-electron chi connectivity index (χ3n) is 5.05. The zero-order chi connectivity index (χ0) is 19.5. The molecule has 3 aromatic rings. The molecule has 0 aliphatic carbocycles. The van der Waals surface area contributed by atoms with Gasteiger partial charge < -0.3 is 15.1 Å². The fourth-order valence-electron chi connectivity index (χ4n) is 3.31. The first-order chi connectivity index (χ1) is 13.6. The molecule has 1 aliphatic heterocycles. The highest BCUT2D eigenvalue weighted by Crippen LogP contribution is 2.21. The zero-order valence-electron chi connectivity index (χ0n) is 15.7. The maximum absolute atomic E-state index is 13.6. The van der Waals surface area contributed by atoms with Gasteiger partial charge in [0.05, 0.1) is 5.52 Å². The summed E-state index contributed by atoms with van der Waals surface area (Å²) < 4.78 is 13.6. The maximum atomic E-state index is 13.6. The molecule has 1 N–H and O–H groups in total. The predicted octanol–water partition coefficient (Wildman–Crippen LogP) is 2.77. The Hall–Kier alpha value is -3.06. The van der Waals surface area contributed by atoms with Crippen molar-refractivity contribution >= 4 is 22.6 Å². The molecule has 0 spiro atoms. The van der Waals surface area contributed by atoms with Crippen molar-refractivity contribution in [3.63, 3.8) is 0 Å². The predicted molar refractivity (Wildman–Crippen MR) is 107 cm³/mol. The summed E-state index contributed by atoms with van der Waals surface area (Å²) in [5, 5.41) is 3.87. The molecule has 0 saturated carbocycles. The Morgan fingerprint density at radius 1 is 1.07 bits per heavy atom. The number of likely N-dealkylation sites (N-methyl/N-ethyl adjacent to an activating group) is 1. The molecule has 6 nitrogen and oxygen atoms in total. The molecule has 1 amide bonds. The van der Waals surface area contributed by atoms with Crippen molar-refractivity contribution < 1.29 is 9.18 Å². The summed E-state index contributed by atoms with van der Waals surface area (Å²) in [4.78, 5) is 25.1. The molecular weight excluding hydrogens is 357 g/mol. The summed E-state index contributed by atoms with van der Waals surface area (Å²) >= 11 is 0. The summed E-state index contributed by atoms with van der Waals surface area (Å²) in [5.74, 6) is 0.337. The highest BCUT2D eigenvalue weighted by Gasteiger charge is 2.20. The molecule has 4 rings (SSSR count). The van der Waals surface area contributed by atoms with Crippen LogP contribution in [0, 0.1) is 5.82 Å². The second kappa shape index (κ2) is 7.90. The minimum atomic E-state index is -0.322. The first kappa shape index (κ1) is 18.3. The van der Waals surface area contributed by atoms with E-state index in [0.29, 0.717) is 28.8 Å². The van der Waals surface area contributed by atoms with Crippen LogP contribution in [0.25, 0.3) is 10.9 Å². The number of carbonyl (C=O) groups excluding carboxylic acids is 1. The first-order valence-corrected chi connectivity index (χ1v) is 9.31. The third-order valence-corrected chi connectivity index (χ3v) is 5.05. The van der Waals surface area contributed by atoms with Crippen LogP contribution in [-0.2, 0) is 6.54 Å². The van der Waals surface area contributed by atoms with Gasteiger partial charge in [-0.15, -0.1) is 0 Å². The smallest absolute Gasteiger partial charge is 0.253 e. The van der Waals surface area contributed by atoms with Gasteiger partial charge in [-0.05, 0) is 42.9 Å². The summed E-state index contributed by atoms with van der Waals surface area (Å²) in [6.45, 7) is 3.85. The minimum absolute atomic E-state index is 0.0740. The fourth-order valence-corrected chi connectivity index (χ4v) is 3.31. The Bertz CT molecular complexity index is 984. The van der Waals surface area contributed by atoms with Crippen LogP contribution in [0.2, 0.25) is 0 Å². The van der Waals surface area contributed by atoms with Crippen LogP contribution in [0.4, 0.5) is 10.2 Å². The van der Waals surface area contributed by atoms with Crippen molar-refractivity contribution in [2.75, 3.05) is 38.5 Å². The number of hydrogen-bond donors (Lipinski definition) is 1. The Morgan fingerprint density at radius 2 is 1.82 bits per heavy atom. The number of amides is 1. The van der Waals surface area contributed by atoms with Crippen LogP contribution in [0.3, 0.4) is 0 Å². The second-order valence-electron chi connectivity index (χ2n) is 7.03. The lowest BCUT2D eigenvalue weighted by atomic mass is 10.1. The monoisotopic (exact) mass is 379 g/mol. The van der Waals surface area contributed by atoms with Crippen molar-refractivity contribution in [3.8, 4) is 0 Å². The highest BCUT2D eigenvalue weighted by molar-refractivity contribution is 5.94. The standard InChI is InChI=1S/C21H22FN5O/c1-26-8-10-27(11-9-26)21(28)16-4-2-15(3-5-16)13-23-20-18-12-17(22)6-7-19(18)24-14-25-20/h2-7,12,14H,8-11,13H2,1H3,(H,23,24,25). The van der Waals surface area contributed by atoms with Crippen molar-refractivity contribution in [1.82, 2.24) is 19.8 Å². The van der Waals surface area contributed by atoms with Crippen molar-refractivity contribution in [2.45, 2.75) is 6.54 Å². The fraction of sp³-hybridized carbons (Fsp3) is 0.286. The number of fused-ring (bicyclic) bond motifs is 1. The molecule has 0 atom stereocenters. The molecule has 144 valence electrons. The van der Waals surface area contributed by atoms with E-state index >= 15 is 0 Å². The third kappa shape index (κ3) is 3.94. The average molecular weight is 379 g/mol. The van der Waals surface area contributed by atoms with Gasteiger partial charge >= 0.3 is 0 Å². The van der Waals surface area contributed by atoms with Crippen LogP contribution in [0.15, 0.2) is 48.8 Å². The lowest BCUT2D eigenvalue weighted by molar-refractivity contribution is 0.0664. The molecular formula is C21H22FN5O. The first-order valence-electron chi connectivity index (χ1n) is 9.31. The number of rotatable bonds is 4. The van der Waals surface area contributed by atoms with E-state index < -0.39 is 0 Å². The van der Waals surface area contributed by atoms with Crippen molar-refractivity contribution in [3.05, 3.63) is 65.7 Å². The van der Waals surface area contributed by atoms with Crippen LogP contribution in [-0.4, -0.2) is 58.9 Å². The van der Waals surface area contributed by atoms with Crippen molar-refractivity contribution in [1.29, 1.82) is 0 Å². The van der Waals surface area contributed by atoms with E-state index in [4.69, 9.17) is 0 Å². The van der Waals surface area contributed by atoms with Gasteiger partial charge in [-0.2, -0.15) is 0 Å². The number of nitrogens with one attached hydrogen (secondary N) is 1. The summed E-state index contributed by atoms with van der Waals surface area (Å²) in [5.41, 5.74) is 2.40. The van der Waals surface area contributed by atoms with Gasteiger partial charge in [-0.25, -0.2) is 14.4 Å². The van der Waals surface area contributed by atoms with Gasteiger partial charge in [0, 0.05) is 43.7 Å². The lowest BCUT2D eigenvalue weighted by Crippen LogP contribution is -2.47. The van der Waals surface area contributed by atoms with Crippen molar-refractivity contribution in [2.24, 2.45) is 0 Å². The number of aromatic nitrogens is 2. The SMILES string of the molecule is CN1CCN(C(=O)c2ccc(CNc3ncnc4ccc(F)cc34)cc2)CC1. The van der Waals surface area contributed by atoms with E-state index in [0.717, 1.165) is 31.7 Å². The normalized spacial score (nSPS) is 15.0. The number of carbonyl (C=O) groups is 1. The number of nitrogens with zero attached hydrogens (tertiary/aromatic N) is 4. The largest absolute Gasteiger partial charge is 0.365 e. The Labute approximate surface area is 163 Å². The molecule has 1 aromatic heterocycles. The molecule has 0 bridgehead atoms. The molecule has 1 aliphatic rings. The molecule has 28 heavy (non-hydrogen) atoms. The van der Waals surface area contributed by atoms with Gasteiger partial charge in [-0.3, -0.25) is 4.79 Å². The molecule has 0 radical (unpaired) electrons. The van der Waals surface area contributed by atoms with Gasteiger partial charge in [0.25, 0.3) is 5.91 Å². The van der Waals surface area contributed by atoms with Crippen LogP contribution in [0.5, 0.6) is 0 Å². The van der Waals surface area contributed by atoms with E-state index in [9.17, 15) is 9.18 Å². The minimum Gasteiger partial charge on any atom is -0.365 e. The number of benzene rings is 2. The Balaban J connectivity index is 1.43. The number of piperazine rings is 1. The van der Waals surface area contributed by atoms with Crippen LogP contribution >= 0.6 is 0 Å². The highest BCUT2D eigenvalue weighted by atomic mass is 19.1. The quantitative estimate of drug-likeness (QED) is 0.755. The average Bonchev–Trinajstić information content (AvgIpc) is 2.72. The molecule has 0 unspecified atom stereocenters. The number of halogens is 1. The molecule has 1 fully saturated rings. The number of hydrogen-bond acceptors (Lipinski definition) is 5.